The molecule has 0 saturated carbocycles. The van der Waals surface area contributed by atoms with Crippen molar-refractivity contribution in [2.75, 3.05) is 13.1 Å². The summed E-state index contributed by atoms with van der Waals surface area (Å²) < 4.78 is 63.9. The summed E-state index contributed by atoms with van der Waals surface area (Å²) in [6, 6.07) is 2.18. The first-order valence-corrected chi connectivity index (χ1v) is 8.61. The van der Waals surface area contributed by atoms with E-state index in [1.54, 1.807) is 13.8 Å². The van der Waals surface area contributed by atoms with Crippen LogP contribution in [0.15, 0.2) is 27.6 Å². The maximum absolute atomic E-state index is 13.4. The van der Waals surface area contributed by atoms with Crippen molar-refractivity contribution in [3.8, 4) is 0 Å². The molecule has 0 unspecified atom stereocenters. The molecule has 1 saturated heterocycles. The zero-order valence-electron chi connectivity index (χ0n) is 12.9. The first kappa shape index (κ1) is 16.9. The summed E-state index contributed by atoms with van der Waals surface area (Å²) in [6.07, 6.45) is -1.20. The number of aromatic nitrogens is 2. The minimum atomic E-state index is -4.09. The standard InChI is InChI=1S/C14H15F2N3O4S/c1-8-6-19(7-13(22-8)14-17-9(2)18-23-14)24(20,21)12-4-10(15)3-11(16)5-12/h3-5,8,13H,6-7H2,1-2H3/t8-,13-/m1/s1. The van der Waals surface area contributed by atoms with Gasteiger partial charge in [-0.3, -0.25) is 0 Å². The van der Waals surface area contributed by atoms with Gasteiger partial charge >= 0.3 is 0 Å². The SMILES string of the molecule is Cc1noc([C@H]2CN(S(=O)(=O)c3cc(F)cc(F)c3)C[C@@H](C)O2)n1. The van der Waals surface area contributed by atoms with Crippen molar-refractivity contribution in [1.82, 2.24) is 14.4 Å². The van der Waals surface area contributed by atoms with Crippen LogP contribution in [0.4, 0.5) is 8.78 Å². The Hall–Kier alpha value is -1.91. The van der Waals surface area contributed by atoms with E-state index in [9.17, 15) is 17.2 Å². The van der Waals surface area contributed by atoms with Crippen molar-refractivity contribution in [1.29, 1.82) is 0 Å². The Labute approximate surface area is 137 Å². The highest BCUT2D eigenvalue weighted by atomic mass is 32.2. The molecule has 0 bridgehead atoms. The molecular formula is C14H15F2N3O4S. The van der Waals surface area contributed by atoms with Gasteiger partial charge in [0, 0.05) is 19.2 Å². The molecule has 10 heteroatoms. The number of halogens is 2. The number of ether oxygens (including phenoxy) is 1. The van der Waals surface area contributed by atoms with Crippen LogP contribution in [0.25, 0.3) is 0 Å². The van der Waals surface area contributed by atoms with Crippen molar-refractivity contribution in [2.24, 2.45) is 0 Å². The fourth-order valence-electron chi connectivity index (χ4n) is 2.52. The fraction of sp³-hybridized carbons (Fsp3) is 0.429. The Morgan fingerprint density at radius 2 is 1.88 bits per heavy atom. The highest BCUT2D eigenvalue weighted by molar-refractivity contribution is 7.89. The van der Waals surface area contributed by atoms with E-state index in [1.807, 2.05) is 0 Å². The maximum Gasteiger partial charge on any atom is 0.257 e. The zero-order valence-corrected chi connectivity index (χ0v) is 13.8. The largest absolute Gasteiger partial charge is 0.363 e. The maximum atomic E-state index is 13.4. The molecule has 0 amide bonds. The molecule has 1 aromatic heterocycles. The molecule has 2 heterocycles. The number of hydrogen-bond donors (Lipinski definition) is 0. The quantitative estimate of drug-likeness (QED) is 0.831. The van der Waals surface area contributed by atoms with Crippen LogP contribution in [-0.2, 0) is 14.8 Å². The number of aryl methyl sites for hydroxylation is 1. The third-order valence-electron chi connectivity index (χ3n) is 3.52. The molecule has 1 aromatic carbocycles. The van der Waals surface area contributed by atoms with Crippen molar-refractivity contribution in [3.05, 3.63) is 41.5 Å². The highest BCUT2D eigenvalue weighted by Crippen LogP contribution is 2.28. The van der Waals surface area contributed by atoms with Gasteiger partial charge in [-0.25, -0.2) is 17.2 Å². The lowest BCUT2D eigenvalue weighted by Gasteiger charge is -2.34. The first-order valence-electron chi connectivity index (χ1n) is 7.17. The molecule has 2 aromatic rings. The van der Waals surface area contributed by atoms with E-state index in [2.05, 4.69) is 10.1 Å². The van der Waals surface area contributed by atoms with Crippen LogP contribution in [0, 0.1) is 18.6 Å². The van der Waals surface area contributed by atoms with E-state index >= 15 is 0 Å². The summed E-state index contributed by atoms with van der Waals surface area (Å²) in [6.45, 7) is 3.27. The highest BCUT2D eigenvalue weighted by Gasteiger charge is 2.37. The molecule has 3 rings (SSSR count). The zero-order chi connectivity index (χ0) is 17.5. The summed E-state index contributed by atoms with van der Waals surface area (Å²) in [4.78, 5) is 3.59. The third-order valence-corrected chi connectivity index (χ3v) is 5.33. The molecular weight excluding hydrogens is 344 g/mol. The van der Waals surface area contributed by atoms with E-state index in [0.717, 1.165) is 16.4 Å². The lowest BCUT2D eigenvalue weighted by atomic mass is 10.2. The smallest absolute Gasteiger partial charge is 0.257 e. The van der Waals surface area contributed by atoms with Crippen LogP contribution < -0.4 is 0 Å². The topological polar surface area (TPSA) is 85.5 Å². The monoisotopic (exact) mass is 359 g/mol. The van der Waals surface area contributed by atoms with Gasteiger partial charge < -0.3 is 9.26 Å². The van der Waals surface area contributed by atoms with Crippen molar-refractivity contribution in [3.63, 3.8) is 0 Å². The van der Waals surface area contributed by atoms with Gasteiger partial charge in [0.25, 0.3) is 5.89 Å². The average Bonchev–Trinajstić information content (AvgIpc) is 2.92. The molecule has 2 atom stereocenters. The third kappa shape index (κ3) is 3.30. The van der Waals surface area contributed by atoms with Crippen molar-refractivity contribution < 1.29 is 26.5 Å². The number of nitrogens with zero attached hydrogens (tertiary/aromatic N) is 3. The molecule has 130 valence electrons. The van der Waals surface area contributed by atoms with E-state index in [0.29, 0.717) is 11.9 Å². The Kier molecular flexibility index (Phi) is 4.37. The molecule has 0 radical (unpaired) electrons. The van der Waals surface area contributed by atoms with Crippen molar-refractivity contribution in [2.45, 2.75) is 31.0 Å². The molecule has 24 heavy (non-hydrogen) atoms. The summed E-state index contributed by atoms with van der Waals surface area (Å²) in [5.41, 5.74) is 0. The number of hydrogen-bond acceptors (Lipinski definition) is 6. The Morgan fingerprint density at radius 3 is 2.46 bits per heavy atom. The van der Waals surface area contributed by atoms with E-state index in [-0.39, 0.29) is 19.0 Å². The fourth-order valence-corrected chi connectivity index (χ4v) is 4.07. The van der Waals surface area contributed by atoms with E-state index in [1.165, 1.54) is 0 Å². The van der Waals surface area contributed by atoms with Crippen LogP contribution in [-0.4, -0.2) is 42.1 Å². The van der Waals surface area contributed by atoms with Crippen LogP contribution in [0.1, 0.15) is 24.7 Å². The number of benzene rings is 1. The molecule has 0 aliphatic carbocycles. The summed E-state index contributed by atoms with van der Waals surface area (Å²) in [5, 5.41) is 3.65. The summed E-state index contributed by atoms with van der Waals surface area (Å²) in [7, 11) is -4.09. The Balaban J connectivity index is 1.92. The minimum absolute atomic E-state index is 0.0457. The van der Waals surface area contributed by atoms with Gasteiger partial charge in [0.05, 0.1) is 11.0 Å². The van der Waals surface area contributed by atoms with Crippen LogP contribution in [0.5, 0.6) is 0 Å². The lowest BCUT2D eigenvalue weighted by molar-refractivity contribution is -0.0690. The second-order valence-electron chi connectivity index (χ2n) is 5.54. The van der Waals surface area contributed by atoms with Gasteiger partial charge in [-0.2, -0.15) is 9.29 Å². The number of morpholine rings is 1. The number of rotatable bonds is 3. The normalized spacial score (nSPS) is 22.7. The van der Waals surface area contributed by atoms with Gasteiger partial charge in [0.15, 0.2) is 11.9 Å². The second kappa shape index (κ2) is 6.19. The average molecular weight is 359 g/mol. The molecule has 0 spiro atoms. The molecule has 0 N–H and O–H groups in total. The van der Waals surface area contributed by atoms with Crippen LogP contribution in [0.2, 0.25) is 0 Å². The molecule has 1 aliphatic heterocycles. The van der Waals surface area contributed by atoms with Gasteiger partial charge in [-0.05, 0) is 26.0 Å². The van der Waals surface area contributed by atoms with Crippen LogP contribution in [0.3, 0.4) is 0 Å². The van der Waals surface area contributed by atoms with Gasteiger partial charge in [0.2, 0.25) is 10.0 Å². The predicted molar refractivity (Wildman–Crippen MR) is 77.4 cm³/mol. The number of sulfonamides is 1. The van der Waals surface area contributed by atoms with E-state index < -0.39 is 38.8 Å². The molecule has 1 fully saturated rings. The summed E-state index contributed by atoms with van der Waals surface area (Å²) in [5.74, 6) is -1.36. The van der Waals surface area contributed by atoms with Crippen molar-refractivity contribution >= 4 is 10.0 Å². The molecule has 1 aliphatic rings. The Bertz CT molecular complexity index is 835. The minimum Gasteiger partial charge on any atom is -0.363 e. The van der Waals surface area contributed by atoms with Gasteiger partial charge in [-0.15, -0.1) is 0 Å². The predicted octanol–water partition coefficient (Wildman–Crippen LogP) is 1.81. The molecule has 7 nitrogen and oxygen atoms in total. The second-order valence-corrected chi connectivity index (χ2v) is 7.48. The van der Waals surface area contributed by atoms with Gasteiger partial charge in [-0.1, -0.05) is 5.16 Å². The van der Waals surface area contributed by atoms with Gasteiger partial charge in [0.1, 0.15) is 11.6 Å². The first-order chi connectivity index (χ1) is 11.3. The lowest BCUT2D eigenvalue weighted by Crippen LogP contribution is -2.46. The summed E-state index contributed by atoms with van der Waals surface area (Å²) >= 11 is 0. The Morgan fingerprint density at radius 1 is 1.21 bits per heavy atom. The van der Waals surface area contributed by atoms with E-state index in [4.69, 9.17) is 9.26 Å². The van der Waals surface area contributed by atoms with Crippen LogP contribution >= 0.6 is 0 Å².